The molecule has 3 amide bonds. The van der Waals surface area contributed by atoms with E-state index in [4.69, 9.17) is 0 Å². The molecule has 0 bridgehead atoms. The normalized spacial score (nSPS) is 13.9. The summed E-state index contributed by atoms with van der Waals surface area (Å²) in [5.41, 5.74) is 3.50. The van der Waals surface area contributed by atoms with E-state index in [0.29, 0.717) is 24.3 Å². The minimum atomic E-state index is -0.241. The number of benzene rings is 1. The van der Waals surface area contributed by atoms with E-state index in [9.17, 15) is 9.59 Å². The van der Waals surface area contributed by atoms with Gasteiger partial charge in [-0.05, 0) is 37.3 Å². The maximum Gasteiger partial charge on any atom is 0.321 e. The van der Waals surface area contributed by atoms with E-state index in [1.165, 1.54) is 0 Å². The second-order valence-electron chi connectivity index (χ2n) is 6.19. The Morgan fingerprint density at radius 3 is 2.73 bits per heavy atom. The Hall–Kier alpha value is -3.42. The number of nitrogens with zero attached hydrogens (tertiary/aromatic N) is 4. The topological polar surface area (TPSA) is 92.2 Å². The van der Waals surface area contributed by atoms with Gasteiger partial charge in [-0.3, -0.25) is 14.4 Å². The predicted octanol–water partition coefficient (Wildman–Crippen LogP) is 2.06. The largest absolute Gasteiger partial charge is 0.336 e. The second-order valence-corrected chi connectivity index (χ2v) is 6.19. The Morgan fingerprint density at radius 2 is 2.04 bits per heavy atom. The molecule has 0 aliphatic carbocycles. The highest BCUT2D eigenvalue weighted by Crippen LogP contribution is 2.21. The molecule has 1 aromatic carbocycles. The molecule has 1 saturated heterocycles. The number of rotatable bonds is 3. The fourth-order valence-corrected chi connectivity index (χ4v) is 3.08. The lowest BCUT2D eigenvalue weighted by Crippen LogP contribution is -2.27. The minimum Gasteiger partial charge on any atom is -0.336 e. The zero-order chi connectivity index (χ0) is 18.3. The molecule has 1 aliphatic heterocycles. The Balaban J connectivity index is 1.52. The summed E-state index contributed by atoms with van der Waals surface area (Å²) in [4.78, 5) is 30.2. The van der Waals surface area contributed by atoms with Crippen molar-refractivity contribution in [1.29, 1.82) is 0 Å². The van der Waals surface area contributed by atoms with Crippen LogP contribution in [0.3, 0.4) is 0 Å². The van der Waals surface area contributed by atoms with Crippen LogP contribution < -0.4 is 15.5 Å². The molecule has 4 rings (SSSR count). The van der Waals surface area contributed by atoms with E-state index >= 15 is 0 Å². The average molecular weight is 350 g/mol. The third-order valence-electron chi connectivity index (χ3n) is 4.42. The smallest absolute Gasteiger partial charge is 0.321 e. The summed E-state index contributed by atoms with van der Waals surface area (Å²) >= 11 is 0. The molecule has 0 radical (unpaired) electrons. The Bertz CT molecular complexity index is 1010. The van der Waals surface area contributed by atoms with Crippen molar-refractivity contribution in [3.05, 3.63) is 47.8 Å². The van der Waals surface area contributed by atoms with Crippen molar-refractivity contribution in [2.45, 2.75) is 6.92 Å². The van der Waals surface area contributed by atoms with Gasteiger partial charge in [0.15, 0.2) is 5.65 Å². The third-order valence-corrected chi connectivity index (χ3v) is 4.42. The minimum absolute atomic E-state index is 0.104. The van der Waals surface area contributed by atoms with Gasteiger partial charge in [-0.25, -0.2) is 9.78 Å². The second kappa shape index (κ2) is 6.14. The van der Waals surface area contributed by atoms with E-state index in [1.807, 2.05) is 26.1 Å². The van der Waals surface area contributed by atoms with Gasteiger partial charge in [0.05, 0.1) is 11.3 Å². The van der Waals surface area contributed by atoms with Crippen LogP contribution in [0.4, 0.5) is 16.2 Å². The van der Waals surface area contributed by atoms with Crippen LogP contribution in [0.15, 0.2) is 36.5 Å². The summed E-state index contributed by atoms with van der Waals surface area (Å²) in [5.74, 6) is -0.241. The van der Waals surface area contributed by atoms with Gasteiger partial charge in [0.1, 0.15) is 0 Å². The summed E-state index contributed by atoms with van der Waals surface area (Å²) in [5, 5.41) is 10.8. The molecular weight excluding hydrogens is 332 g/mol. The predicted molar refractivity (Wildman–Crippen MR) is 98.4 cm³/mol. The van der Waals surface area contributed by atoms with Gasteiger partial charge < -0.3 is 10.6 Å². The molecule has 0 unspecified atom stereocenters. The number of carbonyl (C=O) groups excluding carboxylic acids is 2. The Labute approximate surface area is 149 Å². The molecule has 2 aromatic heterocycles. The van der Waals surface area contributed by atoms with Gasteiger partial charge in [0, 0.05) is 43.1 Å². The first-order chi connectivity index (χ1) is 12.5. The first-order valence-electron chi connectivity index (χ1n) is 8.29. The number of aryl methyl sites for hydroxylation is 2. The fraction of sp³-hybridized carbons (Fsp3) is 0.222. The number of hydrogen-bond donors (Lipinski definition) is 2. The first kappa shape index (κ1) is 16.1. The van der Waals surface area contributed by atoms with Gasteiger partial charge in [-0.15, -0.1) is 0 Å². The Kier molecular flexibility index (Phi) is 3.80. The molecule has 2 N–H and O–H groups in total. The summed E-state index contributed by atoms with van der Waals surface area (Å²) in [6.07, 6.45) is 1.54. The van der Waals surface area contributed by atoms with E-state index in [2.05, 4.69) is 20.7 Å². The lowest BCUT2D eigenvalue weighted by Gasteiger charge is -2.14. The summed E-state index contributed by atoms with van der Waals surface area (Å²) < 4.78 is 1.69. The van der Waals surface area contributed by atoms with E-state index in [-0.39, 0.29) is 11.9 Å². The summed E-state index contributed by atoms with van der Waals surface area (Å²) in [6.45, 7) is 3.17. The number of pyridine rings is 1. The molecule has 132 valence electrons. The van der Waals surface area contributed by atoms with Crippen LogP contribution in [0, 0.1) is 6.92 Å². The van der Waals surface area contributed by atoms with Crippen LogP contribution in [0.2, 0.25) is 0 Å². The Morgan fingerprint density at radius 1 is 1.27 bits per heavy atom. The number of urea groups is 1. The summed E-state index contributed by atoms with van der Waals surface area (Å²) in [6, 6.07) is 8.87. The van der Waals surface area contributed by atoms with Crippen LogP contribution in [0.25, 0.3) is 11.0 Å². The van der Waals surface area contributed by atoms with Crippen molar-refractivity contribution in [2.24, 2.45) is 7.05 Å². The summed E-state index contributed by atoms with van der Waals surface area (Å²) in [7, 11) is 1.82. The number of anilines is 2. The molecule has 26 heavy (non-hydrogen) atoms. The molecule has 0 spiro atoms. The van der Waals surface area contributed by atoms with Crippen LogP contribution in [-0.2, 0) is 7.05 Å². The van der Waals surface area contributed by atoms with Crippen molar-refractivity contribution < 1.29 is 9.59 Å². The van der Waals surface area contributed by atoms with E-state index in [1.54, 1.807) is 34.0 Å². The molecule has 0 atom stereocenters. The quantitative estimate of drug-likeness (QED) is 0.756. The van der Waals surface area contributed by atoms with Crippen molar-refractivity contribution in [3.63, 3.8) is 0 Å². The lowest BCUT2D eigenvalue weighted by molar-refractivity contribution is 0.102. The zero-order valence-electron chi connectivity index (χ0n) is 14.5. The third kappa shape index (κ3) is 2.75. The number of amides is 3. The van der Waals surface area contributed by atoms with E-state index < -0.39 is 0 Å². The molecule has 0 saturated carbocycles. The number of hydrogen-bond acceptors (Lipinski definition) is 4. The zero-order valence-corrected chi connectivity index (χ0v) is 14.5. The molecule has 8 nitrogen and oxygen atoms in total. The van der Waals surface area contributed by atoms with Gasteiger partial charge >= 0.3 is 6.03 Å². The number of aromatic nitrogens is 3. The molecule has 3 aromatic rings. The maximum absolute atomic E-state index is 12.5. The van der Waals surface area contributed by atoms with Crippen LogP contribution in [-0.4, -0.2) is 39.8 Å². The maximum atomic E-state index is 12.5. The lowest BCUT2D eigenvalue weighted by atomic mass is 10.2. The molecule has 1 aliphatic rings. The fourth-order valence-electron chi connectivity index (χ4n) is 3.08. The highest BCUT2D eigenvalue weighted by atomic mass is 16.2. The van der Waals surface area contributed by atoms with Crippen LogP contribution in [0.1, 0.15) is 16.1 Å². The van der Waals surface area contributed by atoms with Gasteiger partial charge in [0.2, 0.25) is 0 Å². The molecule has 3 heterocycles. The van der Waals surface area contributed by atoms with Gasteiger partial charge in [-0.1, -0.05) is 0 Å². The van der Waals surface area contributed by atoms with Crippen molar-refractivity contribution >= 4 is 34.3 Å². The highest BCUT2D eigenvalue weighted by Gasteiger charge is 2.21. The van der Waals surface area contributed by atoms with E-state index in [0.717, 1.165) is 22.4 Å². The van der Waals surface area contributed by atoms with Crippen LogP contribution in [0.5, 0.6) is 0 Å². The SMILES string of the molecule is Cc1nn(C)c2ncc(C(=O)Nc3ccc(N4CCNC4=O)cc3)cc12. The van der Waals surface area contributed by atoms with Gasteiger partial charge in [0.25, 0.3) is 5.91 Å². The van der Waals surface area contributed by atoms with Gasteiger partial charge in [-0.2, -0.15) is 5.10 Å². The first-order valence-corrected chi connectivity index (χ1v) is 8.29. The highest BCUT2D eigenvalue weighted by molar-refractivity contribution is 6.06. The molecule has 1 fully saturated rings. The average Bonchev–Trinajstić information content (AvgIpc) is 3.19. The van der Waals surface area contributed by atoms with Crippen molar-refractivity contribution in [2.75, 3.05) is 23.3 Å². The molecular formula is C18H18N6O2. The molecule has 8 heteroatoms. The number of fused-ring (bicyclic) bond motifs is 1. The monoisotopic (exact) mass is 350 g/mol. The van der Waals surface area contributed by atoms with Crippen LogP contribution >= 0.6 is 0 Å². The number of nitrogens with one attached hydrogen (secondary N) is 2. The standard InChI is InChI=1S/C18H18N6O2/c1-11-15-9-12(10-20-16(15)23(2)22-11)17(25)21-13-3-5-14(6-4-13)24-8-7-19-18(24)26/h3-6,9-10H,7-8H2,1-2H3,(H,19,26)(H,21,25). The number of carbonyl (C=O) groups is 2. The van der Waals surface area contributed by atoms with Crippen molar-refractivity contribution in [1.82, 2.24) is 20.1 Å². The van der Waals surface area contributed by atoms with Crippen molar-refractivity contribution in [3.8, 4) is 0 Å².